The van der Waals surface area contributed by atoms with Gasteiger partial charge in [-0.3, -0.25) is 0 Å². The Morgan fingerprint density at radius 2 is 2.35 bits per heavy atom. The normalized spacial score (nSPS) is 20.6. The van der Waals surface area contributed by atoms with E-state index in [2.05, 4.69) is 35.3 Å². The Bertz CT molecular complexity index is 384. The van der Waals surface area contributed by atoms with Crippen molar-refractivity contribution >= 4 is 17.3 Å². The van der Waals surface area contributed by atoms with Gasteiger partial charge in [-0.1, -0.05) is 17.7 Å². The minimum atomic E-state index is 0.412. The van der Waals surface area contributed by atoms with Crippen LogP contribution in [0.4, 0.5) is 5.69 Å². The standard InChI is InChI=1S/C13H19ClN2O/c1-10-9-17-6-5-16(10)12-4-3-11(8-15-2)13(14)7-12/h3-4,7,10,15H,5-6,8-9H2,1-2H3. The van der Waals surface area contributed by atoms with Gasteiger partial charge in [0, 0.05) is 29.8 Å². The van der Waals surface area contributed by atoms with Crippen LogP contribution in [0.3, 0.4) is 0 Å². The van der Waals surface area contributed by atoms with Crippen LogP contribution < -0.4 is 10.2 Å². The molecule has 1 saturated heterocycles. The van der Waals surface area contributed by atoms with E-state index in [-0.39, 0.29) is 0 Å². The summed E-state index contributed by atoms with van der Waals surface area (Å²) in [7, 11) is 1.92. The van der Waals surface area contributed by atoms with Crippen LogP contribution in [-0.2, 0) is 11.3 Å². The van der Waals surface area contributed by atoms with Gasteiger partial charge in [-0.25, -0.2) is 0 Å². The number of nitrogens with zero attached hydrogens (tertiary/aromatic N) is 1. The third-order valence-electron chi connectivity index (χ3n) is 3.10. The number of benzene rings is 1. The van der Waals surface area contributed by atoms with Gasteiger partial charge in [0.1, 0.15) is 0 Å². The molecule has 94 valence electrons. The van der Waals surface area contributed by atoms with Gasteiger partial charge < -0.3 is 15.0 Å². The van der Waals surface area contributed by atoms with Crippen molar-refractivity contribution in [2.45, 2.75) is 19.5 Å². The van der Waals surface area contributed by atoms with Crippen molar-refractivity contribution < 1.29 is 4.74 Å². The summed E-state index contributed by atoms with van der Waals surface area (Å²) in [6, 6.07) is 6.70. The minimum Gasteiger partial charge on any atom is -0.377 e. The second kappa shape index (κ2) is 5.71. The first kappa shape index (κ1) is 12.7. The first-order valence-electron chi connectivity index (χ1n) is 6.00. The molecule has 0 spiro atoms. The summed E-state index contributed by atoms with van der Waals surface area (Å²) in [5.74, 6) is 0. The monoisotopic (exact) mass is 254 g/mol. The SMILES string of the molecule is CNCc1ccc(N2CCOCC2C)cc1Cl. The molecule has 17 heavy (non-hydrogen) atoms. The summed E-state index contributed by atoms with van der Waals surface area (Å²) in [6.07, 6.45) is 0. The lowest BCUT2D eigenvalue weighted by Crippen LogP contribution is -2.43. The molecule has 3 nitrogen and oxygen atoms in total. The smallest absolute Gasteiger partial charge is 0.0668 e. The summed E-state index contributed by atoms with van der Waals surface area (Å²) in [4.78, 5) is 2.35. The van der Waals surface area contributed by atoms with Gasteiger partial charge in [0.05, 0.1) is 13.2 Å². The minimum absolute atomic E-state index is 0.412. The molecule has 0 amide bonds. The summed E-state index contributed by atoms with van der Waals surface area (Å²) in [5, 5.41) is 3.94. The number of anilines is 1. The van der Waals surface area contributed by atoms with Gasteiger partial charge in [0.25, 0.3) is 0 Å². The number of nitrogens with one attached hydrogen (secondary N) is 1. The predicted molar refractivity (Wildman–Crippen MR) is 71.8 cm³/mol. The fourth-order valence-electron chi connectivity index (χ4n) is 2.16. The Hall–Kier alpha value is -0.770. The molecule has 1 aromatic carbocycles. The number of hydrogen-bond acceptors (Lipinski definition) is 3. The van der Waals surface area contributed by atoms with E-state index in [1.165, 1.54) is 5.69 Å². The quantitative estimate of drug-likeness (QED) is 0.896. The summed E-state index contributed by atoms with van der Waals surface area (Å²) >= 11 is 6.28. The van der Waals surface area contributed by atoms with Crippen molar-refractivity contribution in [3.05, 3.63) is 28.8 Å². The zero-order valence-electron chi connectivity index (χ0n) is 10.4. The van der Waals surface area contributed by atoms with Crippen LogP contribution in [-0.4, -0.2) is 32.8 Å². The van der Waals surface area contributed by atoms with Crippen LogP contribution in [0.2, 0.25) is 5.02 Å². The lowest BCUT2D eigenvalue weighted by molar-refractivity contribution is 0.0989. The summed E-state index contributed by atoms with van der Waals surface area (Å²) < 4.78 is 5.44. The Morgan fingerprint density at radius 3 is 3.00 bits per heavy atom. The maximum atomic E-state index is 6.28. The zero-order valence-corrected chi connectivity index (χ0v) is 11.1. The van der Waals surface area contributed by atoms with E-state index in [9.17, 15) is 0 Å². The molecule has 1 heterocycles. The molecule has 1 fully saturated rings. The highest BCUT2D eigenvalue weighted by atomic mass is 35.5. The van der Waals surface area contributed by atoms with Crippen molar-refractivity contribution in [2.75, 3.05) is 31.7 Å². The molecule has 2 rings (SSSR count). The Labute approximate surface area is 108 Å². The number of halogens is 1. The van der Waals surface area contributed by atoms with Crippen LogP contribution in [0.25, 0.3) is 0 Å². The highest BCUT2D eigenvalue weighted by molar-refractivity contribution is 6.31. The molecule has 0 aromatic heterocycles. The highest BCUT2D eigenvalue weighted by Crippen LogP contribution is 2.26. The average molecular weight is 255 g/mol. The van der Waals surface area contributed by atoms with Crippen molar-refractivity contribution in [1.29, 1.82) is 0 Å². The Morgan fingerprint density at radius 1 is 1.53 bits per heavy atom. The third kappa shape index (κ3) is 2.92. The molecule has 1 aromatic rings. The fourth-order valence-corrected chi connectivity index (χ4v) is 2.40. The molecule has 0 radical (unpaired) electrons. The molecule has 1 unspecified atom stereocenters. The van der Waals surface area contributed by atoms with E-state index in [4.69, 9.17) is 16.3 Å². The van der Waals surface area contributed by atoms with E-state index < -0.39 is 0 Å². The second-order valence-corrected chi connectivity index (χ2v) is 4.83. The van der Waals surface area contributed by atoms with Gasteiger partial charge in [-0.05, 0) is 31.7 Å². The van der Waals surface area contributed by atoms with Crippen LogP contribution in [0, 0.1) is 0 Å². The van der Waals surface area contributed by atoms with E-state index >= 15 is 0 Å². The number of morpholine rings is 1. The van der Waals surface area contributed by atoms with Crippen LogP contribution >= 0.6 is 11.6 Å². The average Bonchev–Trinajstić information content (AvgIpc) is 2.33. The van der Waals surface area contributed by atoms with E-state index in [1.807, 2.05) is 7.05 Å². The summed E-state index contributed by atoms with van der Waals surface area (Å²) in [6.45, 7) is 5.49. The van der Waals surface area contributed by atoms with Gasteiger partial charge in [0.15, 0.2) is 0 Å². The number of hydrogen-bond donors (Lipinski definition) is 1. The van der Waals surface area contributed by atoms with Gasteiger partial charge in [-0.15, -0.1) is 0 Å². The second-order valence-electron chi connectivity index (χ2n) is 4.42. The topological polar surface area (TPSA) is 24.5 Å². The van der Waals surface area contributed by atoms with E-state index in [0.717, 1.165) is 36.9 Å². The number of rotatable bonds is 3. The molecular formula is C13H19ClN2O. The molecule has 4 heteroatoms. The molecule has 1 atom stereocenters. The number of ether oxygens (including phenoxy) is 1. The molecular weight excluding hydrogens is 236 g/mol. The maximum absolute atomic E-state index is 6.28. The third-order valence-corrected chi connectivity index (χ3v) is 3.46. The molecule has 1 aliphatic rings. The van der Waals surface area contributed by atoms with E-state index in [0.29, 0.717) is 6.04 Å². The van der Waals surface area contributed by atoms with Crippen LogP contribution in [0.15, 0.2) is 18.2 Å². The predicted octanol–water partition coefficient (Wildman–Crippen LogP) is 2.28. The Kier molecular flexibility index (Phi) is 4.26. The summed E-state index contributed by atoms with van der Waals surface area (Å²) in [5.41, 5.74) is 2.32. The van der Waals surface area contributed by atoms with Gasteiger partial charge in [-0.2, -0.15) is 0 Å². The van der Waals surface area contributed by atoms with Crippen LogP contribution in [0.1, 0.15) is 12.5 Å². The van der Waals surface area contributed by atoms with Crippen molar-refractivity contribution in [3.8, 4) is 0 Å². The van der Waals surface area contributed by atoms with Crippen molar-refractivity contribution in [2.24, 2.45) is 0 Å². The molecule has 0 bridgehead atoms. The lowest BCUT2D eigenvalue weighted by Gasteiger charge is -2.35. The zero-order chi connectivity index (χ0) is 12.3. The Balaban J connectivity index is 2.18. The van der Waals surface area contributed by atoms with Crippen LogP contribution in [0.5, 0.6) is 0 Å². The first-order chi connectivity index (χ1) is 8.22. The fraction of sp³-hybridized carbons (Fsp3) is 0.538. The molecule has 0 saturated carbocycles. The maximum Gasteiger partial charge on any atom is 0.0668 e. The van der Waals surface area contributed by atoms with Gasteiger partial charge in [0.2, 0.25) is 0 Å². The first-order valence-corrected chi connectivity index (χ1v) is 6.37. The molecule has 1 aliphatic heterocycles. The van der Waals surface area contributed by atoms with E-state index in [1.54, 1.807) is 0 Å². The van der Waals surface area contributed by atoms with Crippen molar-refractivity contribution in [1.82, 2.24) is 5.32 Å². The lowest BCUT2D eigenvalue weighted by atomic mass is 10.1. The largest absolute Gasteiger partial charge is 0.377 e. The molecule has 0 aliphatic carbocycles. The van der Waals surface area contributed by atoms with Crippen molar-refractivity contribution in [3.63, 3.8) is 0 Å². The van der Waals surface area contributed by atoms with Gasteiger partial charge >= 0.3 is 0 Å². The highest BCUT2D eigenvalue weighted by Gasteiger charge is 2.19. The molecule has 1 N–H and O–H groups in total.